The van der Waals surface area contributed by atoms with Gasteiger partial charge in [0, 0.05) is 18.4 Å². The molecule has 7 heteroatoms. The first-order valence-electron chi connectivity index (χ1n) is 8.66. The Hall–Kier alpha value is -3.40. The Morgan fingerprint density at radius 2 is 2.04 bits per heavy atom. The minimum absolute atomic E-state index is 0.0149. The summed E-state index contributed by atoms with van der Waals surface area (Å²) in [7, 11) is 1.83. The number of fused-ring (bicyclic) bond motifs is 1. The summed E-state index contributed by atoms with van der Waals surface area (Å²) in [5.74, 6) is 0.546. The number of benzene rings is 1. The van der Waals surface area contributed by atoms with E-state index in [1.54, 1.807) is 28.9 Å². The molecule has 0 atom stereocenters. The highest BCUT2D eigenvalue weighted by Crippen LogP contribution is 2.26. The molecule has 2 aromatic heterocycles. The number of pyridine rings is 1. The lowest BCUT2D eigenvalue weighted by molar-refractivity contribution is 0.102. The molecular formula is C20H21N5O2. The van der Waals surface area contributed by atoms with Crippen LogP contribution in [-0.2, 0) is 7.05 Å². The van der Waals surface area contributed by atoms with E-state index in [4.69, 9.17) is 10.00 Å². The smallest absolute Gasteiger partial charge is 0.256 e. The van der Waals surface area contributed by atoms with Crippen LogP contribution in [0.4, 0.5) is 5.69 Å². The first-order chi connectivity index (χ1) is 12.9. The van der Waals surface area contributed by atoms with Crippen molar-refractivity contribution in [2.24, 2.45) is 7.05 Å². The standard InChI is InChI=1S/C20H21N5O2/c1-12(2)17-11-16(18-13(3)24-25(4)19(18)23-17)20(26)22-14-5-7-15(8-6-14)27-10-9-21/h5-8,11-12H,10H2,1-4H3,(H,22,26). The van der Waals surface area contributed by atoms with Crippen LogP contribution < -0.4 is 10.1 Å². The molecule has 0 aliphatic heterocycles. The van der Waals surface area contributed by atoms with Crippen molar-refractivity contribution >= 4 is 22.6 Å². The fraction of sp³-hybridized carbons (Fsp3) is 0.300. The number of rotatable bonds is 5. The van der Waals surface area contributed by atoms with Crippen LogP contribution in [0.25, 0.3) is 11.0 Å². The van der Waals surface area contributed by atoms with Crippen molar-refractivity contribution in [2.45, 2.75) is 26.7 Å². The van der Waals surface area contributed by atoms with Crippen molar-refractivity contribution in [1.29, 1.82) is 5.26 Å². The lowest BCUT2D eigenvalue weighted by Gasteiger charge is -2.11. The van der Waals surface area contributed by atoms with Crippen LogP contribution in [0.5, 0.6) is 5.75 Å². The van der Waals surface area contributed by atoms with E-state index in [1.165, 1.54) is 0 Å². The molecule has 0 saturated carbocycles. The molecule has 2 heterocycles. The van der Waals surface area contributed by atoms with E-state index in [1.807, 2.05) is 40.0 Å². The molecule has 138 valence electrons. The van der Waals surface area contributed by atoms with E-state index in [-0.39, 0.29) is 18.4 Å². The van der Waals surface area contributed by atoms with Crippen LogP contribution in [-0.4, -0.2) is 27.3 Å². The number of nitrogens with zero attached hydrogens (tertiary/aromatic N) is 4. The summed E-state index contributed by atoms with van der Waals surface area (Å²) in [6, 6.07) is 10.7. The first-order valence-corrected chi connectivity index (χ1v) is 8.66. The Morgan fingerprint density at radius 3 is 2.67 bits per heavy atom. The molecular weight excluding hydrogens is 342 g/mol. The lowest BCUT2D eigenvalue weighted by atomic mass is 10.0. The number of hydrogen-bond donors (Lipinski definition) is 1. The molecule has 3 aromatic rings. The number of anilines is 1. The highest BCUT2D eigenvalue weighted by Gasteiger charge is 2.19. The molecule has 0 saturated heterocycles. The van der Waals surface area contributed by atoms with Gasteiger partial charge in [0.2, 0.25) is 0 Å². The van der Waals surface area contributed by atoms with E-state index < -0.39 is 0 Å². The van der Waals surface area contributed by atoms with Gasteiger partial charge in [0.25, 0.3) is 5.91 Å². The minimum atomic E-state index is -0.217. The van der Waals surface area contributed by atoms with Gasteiger partial charge in [-0.2, -0.15) is 10.4 Å². The van der Waals surface area contributed by atoms with Gasteiger partial charge in [-0.3, -0.25) is 9.48 Å². The fourth-order valence-corrected chi connectivity index (χ4v) is 2.89. The Bertz CT molecular complexity index is 1030. The predicted octanol–water partition coefficient (Wildman–Crippen LogP) is 3.55. The van der Waals surface area contributed by atoms with Crippen LogP contribution in [0, 0.1) is 18.3 Å². The number of aryl methyl sites for hydroxylation is 2. The average molecular weight is 363 g/mol. The quantitative estimate of drug-likeness (QED) is 0.748. The molecule has 0 aliphatic rings. The van der Waals surface area contributed by atoms with Crippen molar-refractivity contribution in [3.63, 3.8) is 0 Å². The number of aromatic nitrogens is 3. The van der Waals surface area contributed by atoms with Gasteiger partial charge in [0.15, 0.2) is 12.3 Å². The Balaban J connectivity index is 1.94. The maximum absolute atomic E-state index is 13.0. The molecule has 0 unspecified atom stereocenters. The molecule has 7 nitrogen and oxygen atoms in total. The molecule has 3 rings (SSSR count). The van der Waals surface area contributed by atoms with Crippen molar-refractivity contribution in [3.8, 4) is 11.8 Å². The largest absolute Gasteiger partial charge is 0.479 e. The predicted molar refractivity (Wildman–Crippen MR) is 103 cm³/mol. The third kappa shape index (κ3) is 3.75. The molecule has 0 aliphatic carbocycles. The van der Waals surface area contributed by atoms with Gasteiger partial charge in [-0.25, -0.2) is 4.98 Å². The van der Waals surface area contributed by atoms with Crippen LogP contribution in [0.2, 0.25) is 0 Å². The highest BCUT2D eigenvalue weighted by molar-refractivity contribution is 6.12. The normalized spacial score (nSPS) is 10.8. The maximum Gasteiger partial charge on any atom is 0.256 e. The SMILES string of the molecule is Cc1nn(C)c2nc(C(C)C)cc(C(=O)Nc3ccc(OCC#N)cc3)c12. The van der Waals surface area contributed by atoms with E-state index >= 15 is 0 Å². The summed E-state index contributed by atoms with van der Waals surface area (Å²) in [4.78, 5) is 17.6. The minimum Gasteiger partial charge on any atom is -0.479 e. The van der Waals surface area contributed by atoms with E-state index in [9.17, 15) is 4.79 Å². The van der Waals surface area contributed by atoms with Gasteiger partial charge in [0.1, 0.15) is 11.8 Å². The molecule has 1 amide bonds. The van der Waals surface area contributed by atoms with Crippen LogP contribution in [0.3, 0.4) is 0 Å². The second-order valence-electron chi connectivity index (χ2n) is 6.58. The summed E-state index contributed by atoms with van der Waals surface area (Å²) in [5.41, 5.74) is 3.50. The Kier molecular flexibility index (Phi) is 5.08. The molecule has 27 heavy (non-hydrogen) atoms. The number of carbonyl (C=O) groups excluding carboxylic acids is 1. The zero-order chi connectivity index (χ0) is 19.6. The van der Waals surface area contributed by atoms with E-state index in [2.05, 4.69) is 15.4 Å². The number of nitrogens with one attached hydrogen (secondary N) is 1. The van der Waals surface area contributed by atoms with Crippen molar-refractivity contribution in [1.82, 2.24) is 14.8 Å². The first kappa shape index (κ1) is 18.4. The number of nitriles is 1. The lowest BCUT2D eigenvalue weighted by Crippen LogP contribution is -2.14. The molecule has 0 fully saturated rings. The Morgan fingerprint density at radius 1 is 1.33 bits per heavy atom. The van der Waals surface area contributed by atoms with Gasteiger partial charge in [-0.05, 0) is 43.2 Å². The zero-order valence-electron chi connectivity index (χ0n) is 15.8. The summed E-state index contributed by atoms with van der Waals surface area (Å²) in [6.07, 6.45) is 0. The Labute approximate surface area is 157 Å². The van der Waals surface area contributed by atoms with Crippen LogP contribution in [0.15, 0.2) is 30.3 Å². The van der Waals surface area contributed by atoms with Gasteiger partial charge in [-0.1, -0.05) is 13.8 Å². The second-order valence-corrected chi connectivity index (χ2v) is 6.58. The van der Waals surface area contributed by atoms with Gasteiger partial charge >= 0.3 is 0 Å². The number of carbonyl (C=O) groups is 1. The van der Waals surface area contributed by atoms with E-state index in [0.717, 1.165) is 16.8 Å². The molecule has 0 spiro atoms. The average Bonchev–Trinajstić information content (AvgIpc) is 2.94. The molecule has 0 radical (unpaired) electrons. The fourth-order valence-electron chi connectivity index (χ4n) is 2.89. The zero-order valence-corrected chi connectivity index (χ0v) is 15.8. The molecule has 1 aromatic carbocycles. The van der Waals surface area contributed by atoms with Crippen LogP contribution >= 0.6 is 0 Å². The van der Waals surface area contributed by atoms with E-state index in [0.29, 0.717) is 22.6 Å². The van der Waals surface area contributed by atoms with Crippen LogP contribution in [0.1, 0.15) is 41.5 Å². The number of hydrogen-bond acceptors (Lipinski definition) is 5. The third-order valence-corrected chi connectivity index (χ3v) is 4.24. The maximum atomic E-state index is 13.0. The topological polar surface area (TPSA) is 92.8 Å². The number of ether oxygens (including phenoxy) is 1. The third-order valence-electron chi connectivity index (χ3n) is 4.24. The van der Waals surface area contributed by atoms with Crippen molar-refractivity contribution in [2.75, 3.05) is 11.9 Å². The summed E-state index contributed by atoms with van der Waals surface area (Å²) in [6.45, 7) is 5.94. The molecule has 0 bridgehead atoms. The van der Waals surface area contributed by atoms with Gasteiger partial charge in [0.05, 0.1) is 16.6 Å². The van der Waals surface area contributed by atoms with Gasteiger partial charge < -0.3 is 10.1 Å². The second kappa shape index (κ2) is 7.46. The van der Waals surface area contributed by atoms with Gasteiger partial charge in [-0.15, -0.1) is 0 Å². The summed E-state index contributed by atoms with van der Waals surface area (Å²) < 4.78 is 6.93. The summed E-state index contributed by atoms with van der Waals surface area (Å²) in [5, 5.41) is 16.6. The van der Waals surface area contributed by atoms with Crippen molar-refractivity contribution < 1.29 is 9.53 Å². The highest BCUT2D eigenvalue weighted by atomic mass is 16.5. The molecule has 1 N–H and O–H groups in total. The van der Waals surface area contributed by atoms with Crippen molar-refractivity contribution in [3.05, 3.63) is 47.3 Å². The number of amides is 1. The monoisotopic (exact) mass is 363 g/mol. The summed E-state index contributed by atoms with van der Waals surface area (Å²) >= 11 is 0.